The third kappa shape index (κ3) is 3.91. The zero-order valence-electron chi connectivity index (χ0n) is 20.5. The zero-order chi connectivity index (χ0) is 24.2. The predicted molar refractivity (Wildman–Crippen MR) is 138 cm³/mol. The fraction of sp³-hybridized carbons (Fsp3) is 0.346. The molecule has 1 aliphatic rings. The summed E-state index contributed by atoms with van der Waals surface area (Å²) in [4.78, 5) is 31.2. The van der Waals surface area contributed by atoms with E-state index in [4.69, 9.17) is 4.98 Å². The summed E-state index contributed by atoms with van der Waals surface area (Å²) in [5, 5.41) is 0. The summed E-state index contributed by atoms with van der Waals surface area (Å²) in [6, 6.07) is 6.33. The van der Waals surface area contributed by atoms with Crippen molar-refractivity contribution in [1.29, 1.82) is 0 Å². The van der Waals surface area contributed by atoms with E-state index in [0.29, 0.717) is 0 Å². The lowest BCUT2D eigenvalue weighted by Crippen LogP contribution is -2.45. The van der Waals surface area contributed by atoms with Gasteiger partial charge in [0.05, 0.1) is 29.3 Å². The monoisotopic (exact) mass is 467 g/mol. The molecule has 1 fully saturated rings. The highest BCUT2D eigenvalue weighted by Crippen LogP contribution is 2.31. The lowest BCUT2D eigenvalue weighted by molar-refractivity contribution is 0.311. The molecule has 0 aliphatic carbocycles. The number of aromatic nitrogens is 7. The molecule has 178 valence electrons. The van der Waals surface area contributed by atoms with E-state index in [2.05, 4.69) is 85.3 Å². The van der Waals surface area contributed by atoms with Gasteiger partial charge in [0.25, 0.3) is 0 Å². The van der Waals surface area contributed by atoms with Crippen molar-refractivity contribution >= 4 is 28.1 Å². The molecule has 0 amide bonds. The minimum absolute atomic E-state index is 0.0587. The molecule has 4 aromatic heterocycles. The third-order valence-corrected chi connectivity index (χ3v) is 6.68. The number of aromatic amines is 1. The van der Waals surface area contributed by atoms with Gasteiger partial charge in [-0.3, -0.25) is 0 Å². The van der Waals surface area contributed by atoms with Crippen LogP contribution in [-0.4, -0.2) is 72.6 Å². The van der Waals surface area contributed by atoms with Crippen LogP contribution in [-0.2, 0) is 5.54 Å². The summed E-state index contributed by atoms with van der Waals surface area (Å²) in [7, 11) is 2.14. The maximum Gasteiger partial charge on any atom is 0.225 e. The van der Waals surface area contributed by atoms with E-state index < -0.39 is 0 Å². The summed E-state index contributed by atoms with van der Waals surface area (Å²) < 4.78 is 2.21. The lowest BCUT2D eigenvalue weighted by Gasteiger charge is -2.32. The van der Waals surface area contributed by atoms with Crippen molar-refractivity contribution in [1.82, 2.24) is 39.4 Å². The molecule has 0 unspecified atom stereocenters. The van der Waals surface area contributed by atoms with E-state index in [1.54, 1.807) is 6.20 Å². The maximum atomic E-state index is 4.96. The number of nitrogens with one attached hydrogen (secondary N) is 1. The van der Waals surface area contributed by atoms with Gasteiger partial charge < -0.3 is 19.4 Å². The molecule has 0 atom stereocenters. The molecule has 1 N–H and O–H groups in total. The third-order valence-electron chi connectivity index (χ3n) is 6.68. The van der Waals surface area contributed by atoms with Crippen LogP contribution in [0.2, 0.25) is 0 Å². The summed E-state index contributed by atoms with van der Waals surface area (Å²) in [6.45, 7) is 10.5. The second-order valence-corrected chi connectivity index (χ2v) is 10.2. The van der Waals surface area contributed by atoms with Crippen molar-refractivity contribution in [2.45, 2.75) is 26.3 Å². The molecule has 5 aromatic rings. The Balaban J connectivity index is 1.35. The predicted octanol–water partition coefficient (Wildman–Crippen LogP) is 3.94. The molecule has 6 rings (SSSR count). The molecule has 9 nitrogen and oxygen atoms in total. The smallest absolute Gasteiger partial charge is 0.225 e. The van der Waals surface area contributed by atoms with Crippen molar-refractivity contribution in [2.24, 2.45) is 0 Å². The Morgan fingerprint density at radius 2 is 1.66 bits per heavy atom. The van der Waals surface area contributed by atoms with Gasteiger partial charge in [-0.15, -0.1) is 0 Å². The van der Waals surface area contributed by atoms with Gasteiger partial charge in [-0.2, -0.15) is 0 Å². The summed E-state index contributed by atoms with van der Waals surface area (Å²) in [5.41, 5.74) is 7.28. The first-order valence-corrected chi connectivity index (χ1v) is 11.9. The molecular formula is C26H29N9. The van der Waals surface area contributed by atoms with E-state index in [0.717, 1.165) is 76.7 Å². The molecule has 35 heavy (non-hydrogen) atoms. The van der Waals surface area contributed by atoms with Crippen molar-refractivity contribution < 1.29 is 0 Å². The van der Waals surface area contributed by atoms with Gasteiger partial charge in [-0.25, -0.2) is 24.9 Å². The highest BCUT2D eigenvalue weighted by Gasteiger charge is 2.19. The van der Waals surface area contributed by atoms with E-state index >= 15 is 0 Å². The Labute approximate surface area is 203 Å². The number of piperazine rings is 1. The molecule has 1 saturated heterocycles. The standard InChI is InChI=1S/C26H29N9/c1-26(2,3)35-16-31-20-6-5-17(11-22(20)35)19-14-27-24-23(19)32-21(15-28-24)18-12-29-25(30-13-18)34-9-7-33(4)8-10-34/h5-6,11-16H,7-10H2,1-4H3,(H,27,28). The van der Waals surface area contributed by atoms with Gasteiger partial charge in [-0.1, -0.05) is 6.07 Å². The van der Waals surface area contributed by atoms with Gasteiger partial charge in [0.15, 0.2) is 5.65 Å². The Bertz CT molecular complexity index is 1500. The van der Waals surface area contributed by atoms with Crippen molar-refractivity contribution in [3.63, 3.8) is 0 Å². The molecule has 0 bridgehead atoms. The van der Waals surface area contributed by atoms with Crippen LogP contribution >= 0.6 is 0 Å². The highest BCUT2D eigenvalue weighted by atomic mass is 15.3. The van der Waals surface area contributed by atoms with Crippen LogP contribution in [0.15, 0.2) is 49.3 Å². The van der Waals surface area contributed by atoms with Crippen LogP contribution in [0.1, 0.15) is 20.8 Å². The summed E-state index contributed by atoms with van der Waals surface area (Å²) >= 11 is 0. The van der Waals surface area contributed by atoms with Crippen LogP contribution in [0.4, 0.5) is 5.95 Å². The molecule has 0 saturated carbocycles. The number of fused-ring (bicyclic) bond motifs is 2. The first kappa shape index (κ1) is 21.7. The van der Waals surface area contributed by atoms with Gasteiger partial charge in [0, 0.05) is 61.4 Å². The second-order valence-electron chi connectivity index (χ2n) is 10.2. The Kier molecular flexibility index (Phi) is 5.03. The van der Waals surface area contributed by atoms with E-state index in [-0.39, 0.29) is 5.54 Å². The van der Waals surface area contributed by atoms with Crippen LogP contribution < -0.4 is 4.90 Å². The van der Waals surface area contributed by atoms with Crippen LogP contribution in [0.5, 0.6) is 0 Å². The average Bonchev–Trinajstić information content (AvgIpc) is 3.48. The number of hydrogen-bond acceptors (Lipinski definition) is 7. The average molecular weight is 468 g/mol. The number of nitrogens with zero attached hydrogens (tertiary/aromatic N) is 8. The first-order valence-electron chi connectivity index (χ1n) is 11.9. The molecule has 0 radical (unpaired) electrons. The van der Waals surface area contributed by atoms with Gasteiger partial charge in [0.1, 0.15) is 5.52 Å². The quantitative estimate of drug-likeness (QED) is 0.430. The van der Waals surface area contributed by atoms with Crippen molar-refractivity contribution in [2.75, 3.05) is 38.1 Å². The number of imidazole rings is 1. The Morgan fingerprint density at radius 1 is 0.886 bits per heavy atom. The Hall–Kier alpha value is -3.85. The lowest BCUT2D eigenvalue weighted by atomic mass is 10.1. The fourth-order valence-corrected chi connectivity index (χ4v) is 4.58. The first-order chi connectivity index (χ1) is 16.9. The van der Waals surface area contributed by atoms with E-state index in [1.807, 2.05) is 24.9 Å². The SMILES string of the molecule is CN1CCN(c2ncc(-c3cnc4[nH]cc(-c5ccc6ncn(C(C)(C)C)c6c5)c4n3)cn2)CC1. The molecular weight excluding hydrogens is 438 g/mol. The topological polar surface area (TPSA) is 91.7 Å². The van der Waals surface area contributed by atoms with E-state index in [9.17, 15) is 0 Å². The number of H-pyrrole nitrogens is 1. The molecule has 1 aromatic carbocycles. The minimum atomic E-state index is -0.0587. The zero-order valence-corrected chi connectivity index (χ0v) is 20.5. The molecule has 9 heteroatoms. The second kappa shape index (κ2) is 8.13. The van der Waals surface area contributed by atoms with Crippen LogP contribution in [0.25, 0.3) is 44.6 Å². The van der Waals surface area contributed by atoms with Crippen LogP contribution in [0.3, 0.4) is 0 Å². The number of hydrogen-bond donors (Lipinski definition) is 1. The summed E-state index contributed by atoms with van der Waals surface area (Å²) in [5.74, 6) is 0.766. The van der Waals surface area contributed by atoms with Crippen LogP contribution in [0, 0.1) is 0 Å². The number of likely N-dealkylation sites (N-methyl/N-ethyl adjacent to an activating group) is 1. The summed E-state index contributed by atoms with van der Waals surface area (Å²) in [6.07, 6.45) is 9.34. The molecule has 0 spiro atoms. The normalized spacial score (nSPS) is 15.4. The maximum absolute atomic E-state index is 4.96. The van der Waals surface area contributed by atoms with Crippen molar-refractivity contribution in [3.8, 4) is 22.4 Å². The number of rotatable bonds is 3. The number of benzene rings is 1. The van der Waals surface area contributed by atoms with E-state index in [1.165, 1.54) is 0 Å². The largest absolute Gasteiger partial charge is 0.344 e. The van der Waals surface area contributed by atoms with Crippen molar-refractivity contribution in [3.05, 3.63) is 49.3 Å². The minimum Gasteiger partial charge on any atom is -0.344 e. The fourth-order valence-electron chi connectivity index (χ4n) is 4.58. The van der Waals surface area contributed by atoms with Gasteiger partial charge >= 0.3 is 0 Å². The number of anilines is 1. The Morgan fingerprint density at radius 3 is 2.40 bits per heavy atom. The van der Waals surface area contributed by atoms with Gasteiger partial charge in [0.2, 0.25) is 5.95 Å². The van der Waals surface area contributed by atoms with Gasteiger partial charge in [-0.05, 0) is 45.5 Å². The molecule has 5 heterocycles. The highest BCUT2D eigenvalue weighted by molar-refractivity contribution is 5.94. The molecule has 1 aliphatic heterocycles.